The van der Waals surface area contributed by atoms with E-state index in [0.717, 1.165) is 0 Å². The molecule has 0 aromatic carbocycles. The number of carbonyl (C=O) groups is 1. The summed E-state index contributed by atoms with van der Waals surface area (Å²) in [6, 6.07) is 2.51. The Morgan fingerprint density at radius 3 is 2.63 bits per heavy atom. The van der Waals surface area contributed by atoms with Gasteiger partial charge in [0.1, 0.15) is 0 Å². The van der Waals surface area contributed by atoms with Crippen molar-refractivity contribution in [2.75, 3.05) is 18.6 Å². The van der Waals surface area contributed by atoms with Crippen molar-refractivity contribution in [1.29, 1.82) is 0 Å². The lowest BCUT2D eigenvalue weighted by Gasteiger charge is -2.23. The standard InChI is InChI=1S/C12H16N2O4S/c1-13-7-9(3-4-11(13)15)12(16)14(2)10-5-6-19(17,18)8-10/h3-4,7,10H,5-6,8H2,1-2H3. The van der Waals surface area contributed by atoms with Gasteiger partial charge in [0.25, 0.3) is 5.91 Å². The zero-order valence-corrected chi connectivity index (χ0v) is 11.7. The lowest BCUT2D eigenvalue weighted by molar-refractivity contribution is 0.0747. The largest absolute Gasteiger partial charge is 0.338 e. The van der Waals surface area contributed by atoms with Crippen LogP contribution in [0.1, 0.15) is 16.8 Å². The first-order valence-corrected chi connectivity index (χ1v) is 7.76. The highest BCUT2D eigenvalue weighted by atomic mass is 32.2. The first kappa shape index (κ1) is 13.8. The van der Waals surface area contributed by atoms with Crippen molar-refractivity contribution in [3.8, 4) is 0 Å². The second-order valence-corrected chi connectivity index (χ2v) is 7.07. The average Bonchev–Trinajstić information content (AvgIpc) is 2.71. The summed E-state index contributed by atoms with van der Waals surface area (Å²) in [7, 11) is 0.145. The molecule has 1 aliphatic heterocycles. The SMILES string of the molecule is CN(C(=O)c1ccc(=O)n(C)c1)C1CCS(=O)(=O)C1. The van der Waals surface area contributed by atoms with Gasteiger partial charge in [-0.1, -0.05) is 0 Å². The predicted octanol–water partition coefficient (Wildman–Crippen LogP) is -0.356. The molecule has 2 rings (SSSR count). The Kier molecular flexibility index (Phi) is 3.49. The van der Waals surface area contributed by atoms with E-state index in [0.29, 0.717) is 12.0 Å². The molecule has 0 radical (unpaired) electrons. The molecule has 1 aromatic rings. The van der Waals surface area contributed by atoms with Crippen LogP contribution in [0.15, 0.2) is 23.1 Å². The number of pyridine rings is 1. The minimum atomic E-state index is -3.02. The molecule has 6 nitrogen and oxygen atoms in total. The first-order valence-electron chi connectivity index (χ1n) is 5.94. The van der Waals surface area contributed by atoms with Crippen LogP contribution in [-0.4, -0.2) is 48.4 Å². The van der Waals surface area contributed by atoms with Crippen molar-refractivity contribution in [3.05, 3.63) is 34.2 Å². The summed E-state index contributed by atoms with van der Waals surface area (Å²) in [4.78, 5) is 24.9. The van der Waals surface area contributed by atoms with Crippen LogP contribution < -0.4 is 5.56 Å². The van der Waals surface area contributed by atoms with E-state index in [1.165, 1.54) is 27.8 Å². The molecule has 19 heavy (non-hydrogen) atoms. The number of rotatable bonds is 2. The van der Waals surface area contributed by atoms with Crippen molar-refractivity contribution in [3.63, 3.8) is 0 Å². The third kappa shape index (κ3) is 2.86. The molecule has 1 atom stereocenters. The Hall–Kier alpha value is -1.63. The van der Waals surface area contributed by atoms with Gasteiger partial charge in [-0.05, 0) is 12.5 Å². The molecule has 1 fully saturated rings. The van der Waals surface area contributed by atoms with Crippen LogP contribution in [0.3, 0.4) is 0 Å². The van der Waals surface area contributed by atoms with Gasteiger partial charge in [-0.15, -0.1) is 0 Å². The highest BCUT2D eigenvalue weighted by molar-refractivity contribution is 7.91. The predicted molar refractivity (Wildman–Crippen MR) is 70.8 cm³/mol. The second kappa shape index (κ2) is 4.80. The van der Waals surface area contributed by atoms with E-state index in [1.54, 1.807) is 14.1 Å². The minimum absolute atomic E-state index is 0.0149. The van der Waals surface area contributed by atoms with Crippen molar-refractivity contribution in [2.24, 2.45) is 7.05 Å². The van der Waals surface area contributed by atoms with E-state index in [9.17, 15) is 18.0 Å². The summed E-state index contributed by atoms with van der Waals surface area (Å²) >= 11 is 0. The van der Waals surface area contributed by atoms with E-state index in [-0.39, 0.29) is 29.0 Å². The second-order valence-electron chi connectivity index (χ2n) is 4.84. The maximum atomic E-state index is 12.2. The minimum Gasteiger partial charge on any atom is -0.338 e. The van der Waals surface area contributed by atoms with E-state index < -0.39 is 9.84 Å². The zero-order valence-electron chi connectivity index (χ0n) is 10.9. The molecule has 104 valence electrons. The molecule has 0 aliphatic carbocycles. The van der Waals surface area contributed by atoms with Crippen molar-refractivity contribution in [1.82, 2.24) is 9.47 Å². The number of sulfone groups is 1. The topological polar surface area (TPSA) is 76.5 Å². The fourth-order valence-electron chi connectivity index (χ4n) is 2.17. The monoisotopic (exact) mass is 284 g/mol. The van der Waals surface area contributed by atoms with E-state index >= 15 is 0 Å². The number of nitrogens with zero attached hydrogens (tertiary/aromatic N) is 2. The van der Waals surface area contributed by atoms with E-state index in [1.807, 2.05) is 0 Å². The number of carbonyl (C=O) groups excluding carboxylic acids is 1. The zero-order chi connectivity index (χ0) is 14.2. The first-order chi connectivity index (χ1) is 8.80. The highest BCUT2D eigenvalue weighted by Gasteiger charge is 2.33. The van der Waals surface area contributed by atoms with E-state index in [2.05, 4.69) is 0 Å². The summed E-state index contributed by atoms with van der Waals surface area (Å²) < 4.78 is 24.2. The van der Waals surface area contributed by atoms with Crippen molar-refractivity contribution >= 4 is 15.7 Å². The quantitative estimate of drug-likeness (QED) is 0.743. The van der Waals surface area contributed by atoms with Gasteiger partial charge >= 0.3 is 0 Å². The Morgan fingerprint density at radius 2 is 2.11 bits per heavy atom. The number of hydrogen-bond acceptors (Lipinski definition) is 4. The van der Waals surface area contributed by atoms with Crippen LogP contribution in [-0.2, 0) is 16.9 Å². The van der Waals surface area contributed by atoms with Crippen LogP contribution >= 0.6 is 0 Å². The molecule has 1 amide bonds. The molecule has 0 saturated carbocycles. The summed E-state index contributed by atoms with van der Waals surface area (Å²) in [5.74, 6) is -0.124. The molecule has 1 unspecified atom stereocenters. The van der Waals surface area contributed by atoms with E-state index in [4.69, 9.17) is 0 Å². The average molecular weight is 284 g/mol. The van der Waals surface area contributed by atoms with Gasteiger partial charge in [-0.2, -0.15) is 0 Å². The van der Waals surface area contributed by atoms with Crippen LogP contribution in [0.25, 0.3) is 0 Å². The Morgan fingerprint density at radius 1 is 1.42 bits per heavy atom. The number of aromatic nitrogens is 1. The Labute approximate surface area is 111 Å². The van der Waals surface area contributed by atoms with Crippen LogP contribution in [0.5, 0.6) is 0 Å². The van der Waals surface area contributed by atoms with Crippen LogP contribution in [0.2, 0.25) is 0 Å². The Balaban J connectivity index is 2.20. The third-order valence-corrected chi connectivity index (χ3v) is 5.16. The number of aryl methyl sites for hydroxylation is 1. The van der Waals surface area contributed by atoms with Gasteiger partial charge in [-0.25, -0.2) is 8.42 Å². The van der Waals surface area contributed by atoms with Crippen LogP contribution in [0.4, 0.5) is 0 Å². The molecular formula is C12H16N2O4S. The maximum Gasteiger partial charge on any atom is 0.255 e. The summed E-state index contributed by atoms with van der Waals surface area (Å²) in [5.41, 5.74) is 0.191. The van der Waals surface area contributed by atoms with Gasteiger partial charge in [0, 0.05) is 32.4 Å². The molecule has 7 heteroatoms. The molecular weight excluding hydrogens is 268 g/mol. The van der Waals surface area contributed by atoms with Gasteiger partial charge in [0.15, 0.2) is 9.84 Å². The molecule has 0 spiro atoms. The highest BCUT2D eigenvalue weighted by Crippen LogP contribution is 2.18. The molecule has 1 saturated heterocycles. The van der Waals surface area contributed by atoms with Gasteiger partial charge in [0.2, 0.25) is 5.56 Å². The molecule has 0 bridgehead atoms. The molecule has 0 N–H and O–H groups in total. The van der Waals surface area contributed by atoms with Crippen molar-refractivity contribution in [2.45, 2.75) is 12.5 Å². The lowest BCUT2D eigenvalue weighted by atomic mass is 10.2. The van der Waals surface area contributed by atoms with Gasteiger partial charge in [-0.3, -0.25) is 9.59 Å². The lowest BCUT2D eigenvalue weighted by Crippen LogP contribution is -2.38. The van der Waals surface area contributed by atoms with Crippen LogP contribution in [0, 0.1) is 0 Å². The molecule has 2 heterocycles. The van der Waals surface area contributed by atoms with Gasteiger partial charge < -0.3 is 9.47 Å². The maximum absolute atomic E-state index is 12.2. The number of amides is 1. The van der Waals surface area contributed by atoms with Crippen molar-refractivity contribution < 1.29 is 13.2 Å². The normalized spacial score (nSPS) is 21.3. The summed E-state index contributed by atoms with van der Waals surface area (Å²) in [5, 5.41) is 0. The molecule has 1 aliphatic rings. The molecule has 1 aromatic heterocycles. The Bertz CT molecular complexity index is 663. The third-order valence-electron chi connectivity index (χ3n) is 3.41. The smallest absolute Gasteiger partial charge is 0.255 e. The number of hydrogen-bond donors (Lipinski definition) is 0. The summed E-state index contributed by atoms with van der Waals surface area (Å²) in [6.07, 6.45) is 1.93. The summed E-state index contributed by atoms with van der Waals surface area (Å²) in [6.45, 7) is 0. The fourth-order valence-corrected chi connectivity index (χ4v) is 3.95. The fraction of sp³-hybridized carbons (Fsp3) is 0.500. The van der Waals surface area contributed by atoms with Gasteiger partial charge in [0.05, 0.1) is 17.1 Å².